The van der Waals surface area contributed by atoms with Crippen LogP contribution in [0.3, 0.4) is 0 Å². The molecule has 1 aromatic carbocycles. The molecule has 1 N–H and O–H groups in total. The smallest absolute Gasteiger partial charge is 0.0471 e. The molecule has 1 saturated heterocycles. The first kappa shape index (κ1) is 15.1. The number of halogens is 1. The minimum Gasteiger partial charge on any atom is -0.368 e. The molecule has 3 nitrogen and oxygen atoms in total. The molecular formula is C17H26ClN3. The highest BCUT2D eigenvalue weighted by atomic mass is 35.5. The Morgan fingerprint density at radius 1 is 1.19 bits per heavy atom. The van der Waals surface area contributed by atoms with E-state index in [0.29, 0.717) is 12.1 Å². The predicted octanol–water partition coefficient (Wildman–Crippen LogP) is 3.12. The van der Waals surface area contributed by atoms with Crippen LogP contribution in [0.1, 0.15) is 32.3 Å². The van der Waals surface area contributed by atoms with E-state index in [1.807, 2.05) is 0 Å². The molecule has 116 valence electrons. The SMILES string of the molecule is CC1CN(c2ccc(CNC3CC3)c(Cl)c2)CC(C)N1C. The van der Waals surface area contributed by atoms with E-state index in [0.717, 1.165) is 30.7 Å². The molecule has 1 heterocycles. The molecule has 2 aliphatic rings. The van der Waals surface area contributed by atoms with Crippen molar-refractivity contribution < 1.29 is 0 Å². The van der Waals surface area contributed by atoms with E-state index in [4.69, 9.17) is 11.6 Å². The van der Waals surface area contributed by atoms with Crippen LogP contribution in [0.25, 0.3) is 0 Å². The number of hydrogen-bond acceptors (Lipinski definition) is 3. The van der Waals surface area contributed by atoms with Gasteiger partial charge in [0.2, 0.25) is 0 Å². The van der Waals surface area contributed by atoms with Crippen LogP contribution in [-0.2, 0) is 6.54 Å². The van der Waals surface area contributed by atoms with Crippen molar-refractivity contribution in [3.8, 4) is 0 Å². The van der Waals surface area contributed by atoms with Crippen molar-refractivity contribution in [1.82, 2.24) is 10.2 Å². The lowest BCUT2D eigenvalue weighted by atomic mass is 10.1. The van der Waals surface area contributed by atoms with Crippen molar-refractivity contribution in [2.24, 2.45) is 0 Å². The molecule has 1 aliphatic heterocycles. The standard InChI is InChI=1S/C17H26ClN3/c1-12-10-21(11-13(2)20(12)3)16-7-4-14(17(18)8-16)9-19-15-5-6-15/h4,7-8,12-13,15,19H,5-6,9-11H2,1-3H3. The van der Waals surface area contributed by atoms with Gasteiger partial charge in [-0.15, -0.1) is 0 Å². The van der Waals surface area contributed by atoms with Crippen molar-refractivity contribution >= 4 is 17.3 Å². The fraction of sp³-hybridized carbons (Fsp3) is 0.647. The molecule has 0 amide bonds. The molecular weight excluding hydrogens is 282 g/mol. The summed E-state index contributed by atoms with van der Waals surface area (Å²) < 4.78 is 0. The molecule has 0 bridgehead atoms. The summed E-state index contributed by atoms with van der Waals surface area (Å²) >= 11 is 6.48. The number of piperazine rings is 1. The highest BCUT2D eigenvalue weighted by Crippen LogP contribution is 2.27. The fourth-order valence-electron chi connectivity index (χ4n) is 3.03. The van der Waals surface area contributed by atoms with E-state index in [1.54, 1.807) is 0 Å². The Balaban J connectivity index is 1.69. The largest absolute Gasteiger partial charge is 0.368 e. The average molecular weight is 308 g/mol. The third-order valence-electron chi connectivity index (χ3n) is 4.92. The Kier molecular flexibility index (Phi) is 4.43. The van der Waals surface area contributed by atoms with Crippen molar-refractivity contribution in [3.63, 3.8) is 0 Å². The second-order valence-electron chi connectivity index (χ2n) is 6.70. The molecule has 1 saturated carbocycles. The van der Waals surface area contributed by atoms with Crippen LogP contribution in [0.15, 0.2) is 18.2 Å². The Hall–Kier alpha value is -0.770. The van der Waals surface area contributed by atoms with Crippen LogP contribution < -0.4 is 10.2 Å². The van der Waals surface area contributed by atoms with Crippen molar-refractivity contribution in [2.75, 3.05) is 25.0 Å². The Morgan fingerprint density at radius 3 is 2.43 bits per heavy atom. The number of likely N-dealkylation sites (N-methyl/N-ethyl adjacent to an activating group) is 1. The zero-order valence-corrected chi connectivity index (χ0v) is 14.0. The number of hydrogen-bond donors (Lipinski definition) is 1. The maximum absolute atomic E-state index is 6.48. The lowest BCUT2D eigenvalue weighted by Gasteiger charge is -2.43. The van der Waals surface area contributed by atoms with Gasteiger partial charge in [0.25, 0.3) is 0 Å². The number of nitrogens with zero attached hydrogens (tertiary/aromatic N) is 2. The van der Waals surface area contributed by atoms with Crippen molar-refractivity contribution in [3.05, 3.63) is 28.8 Å². The molecule has 21 heavy (non-hydrogen) atoms. The summed E-state index contributed by atoms with van der Waals surface area (Å²) in [6.45, 7) is 7.60. The van der Waals surface area contributed by atoms with Gasteiger partial charge in [0.15, 0.2) is 0 Å². The third kappa shape index (κ3) is 3.53. The molecule has 3 rings (SSSR count). The van der Waals surface area contributed by atoms with Crippen molar-refractivity contribution in [1.29, 1.82) is 0 Å². The molecule has 0 aromatic heterocycles. The van der Waals surface area contributed by atoms with Gasteiger partial charge in [-0.2, -0.15) is 0 Å². The van der Waals surface area contributed by atoms with E-state index in [9.17, 15) is 0 Å². The monoisotopic (exact) mass is 307 g/mol. The zero-order chi connectivity index (χ0) is 15.0. The van der Waals surface area contributed by atoms with E-state index >= 15 is 0 Å². The molecule has 0 radical (unpaired) electrons. The van der Waals surface area contributed by atoms with Crippen molar-refractivity contribution in [2.45, 2.75) is 51.4 Å². The predicted molar refractivity (Wildman–Crippen MR) is 90.2 cm³/mol. The average Bonchev–Trinajstić information content (AvgIpc) is 3.27. The molecule has 2 unspecified atom stereocenters. The lowest BCUT2D eigenvalue weighted by molar-refractivity contribution is 0.170. The summed E-state index contributed by atoms with van der Waals surface area (Å²) in [6.07, 6.45) is 2.62. The topological polar surface area (TPSA) is 18.5 Å². The van der Waals surface area contributed by atoms with Crippen LogP contribution in [0.2, 0.25) is 5.02 Å². The second kappa shape index (κ2) is 6.15. The molecule has 1 aliphatic carbocycles. The maximum Gasteiger partial charge on any atom is 0.0471 e. The van der Waals surface area contributed by atoms with Crippen LogP contribution in [0, 0.1) is 0 Å². The van der Waals surface area contributed by atoms with Gasteiger partial charge in [-0.05, 0) is 51.4 Å². The van der Waals surface area contributed by atoms with Gasteiger partial charge in [0.1, 0.15) is 0 Å². The third-order valence-corrected chi connectivity index (χ3v) is 5.27. The Labute approximate surface area is 133 Å². The van der Waals surface area contributed by atoms with Gasteiger partial charge in [-0.3, -0.25) is 4.90 Å². The quantitative estimate of drug-likeness (QED) is 0.922. The summed E-state index contributed by atoms with van der Waals surface area (Å²) in [5, 5.41) is 4.42. The fourth-order valence-corrected chi connectivity index (χ4v) is 3.27. The molecule has 2 atom stereocenters. The summed E-state index contributed by atoms with van der Waals surface area (Å²) in [7, 11) is 2.21. The highest BCUT2D eigenvalue weighted by Gasteiger charge is 2.27. The van der Waals surface area contributed by atoms with Gasteiger partial charge in [-0.1, -0.05) is 17.7 Å². The van der Waals surface area contributed by atoms with E-state index in [1.165, 1.54) is 24.1 Å². The Bertz CT molecular complexity index is 489. The number of anilines is 1. The highest BCUT2D eigenvalue weighted by molar-refractivity contribution is 6.31. The van der Waals surface area contributed by atoms with Gasteiger partial charge < -0.3 is 10.2 Å². The Morgan fingerprint density at radius 2 is 1.86 bits per heavy atom. The second-order valence-corrected chi connectivity index (χ2v) is 7.11. The normalized spacial score (nSPS) is 27.1. The number of benzene rings is 1. The van der Waals surface area contributed by atoms with Gasteiger partial charge >= 0.3 is 0 Å². The number of rotatable bonds is 4. The van der Waals surface area contributed by atoms with Crippen LogP contribution in [0.4, 0.5) is 5.69 Å². The van der Waals surface area contributed by atoms with Gasteiger partial charge in [0, 0.05) is 48.5 Å². The van der Waals surface area contributed by atoms with Crippen LogP contribution in [-0.4, -0.2) is 43.2 Å². The van der Waals surface area contributed by atoms with Crippen LogP contribution in [0.5, 0.6) is 0 Å². The molecule has 2 fully saturated rings. The molecule has 1 aromatic rings. The van der Waals surface area contributed by atoms with E-state index < -0.39 is 0 Å². The minimum atomic E-state index is 0.573. The first-order chi connectivity index (χ1) is 10.0. The molecule has 0 spiro atoms. The lowest BCUT2D eigenvalue weighted by Crippen LogP contribution is -2.55. The molecule has 4 heteroatoms. The summed E-state index contributed by atoms with van der Waals surface area (Å²) in [6, 6.07) is 8.41. The summed E-state index contributed by atoms with van der Waals surface area (Å²) in [5.41, 5.74) is 2.46. The van der Waals surface area contributed by atoms with Gasteiger partial charge in [-0.25, -0.2) is 0 Å². The summed E-state index contributed by atoms with van der Waals surface area (Å²) in [5.74, 6) is 0. The van der Waals surface area contributed by atoms with Crippen LogP contribution >= 0.6 is 11.6 Å². The van der Waals surface area contributed by atoms with Gasteiger partial charge in [0.05, 0.1) is 0 Å². The first-order valence-electron chi connectivity index (χ1n) is 8.03. The van der Waals surface area contributed by atoms with E-state index in [2.05, 4.69) is 54.2 Å². The minimum absolute atomic E-state index is 0.573. The zero-order valence-electron chi connectivity index (χ0n) is 13.3. The summed E-state index contributed by atoms with van der Waals surface area (Å²) in [4.78, 5) is 4.91. The maximum atomic E-state index is 6.48. The van der Waals surface area contributed by atoms with E-state index in [-0.39, 0.29) is 0 Å². The first-order valence-corrected chi connectivity index (χ1v) is 8.41. The number of nitrogens with one attached hydrogen (secondary N) is 1.